The standard InChI is InChI=1S/C21H27N3O2S/c1-21(2,3)20-23-14-17(27-20)18(25)22-13-15-8-7-9-16(12-15)19(26)24-10-5-4-6-11-24/h7-9,12,14H,4-6,10-11,13H2,1-3H3,(H,22,25). The van der Waals surface area contributed by atoms with Crippen LogP contribution >= 0.6 is 11.3 Å². The minimum absolute atomic E-state index is 0.0632. The topological polar surface area (TPSA) is 62.3 Å². The lowest BCUT2D eigenvalue weighted by atomic mass is 9.98. The Labute approximate surface area is 164 Å². The minimum atomic E-state index is -0.129. The number of rotatable bonds is 4. The van der Waals surface area contributed by atoms with Crippen LogP contribution in [0.25, 0.3) is 0 Å². The Balaban J connectivity index is 1.62. The molecule has 1 fully saturated rings. The van der Waals surface area contributed by atoms with Crippen LogP contribution in [0.4, 0.5) is 0 Å². The van der Waals surface area contributed by atoms with Gasteiger partial charge in [0, 0.05) is 30.6 Å². The van der Waals surface area contributed by atoms with Gasteiger partial charge in [0.2, 0.25) is 0 Å². The Kier molecular flexibility index (Phi) is 5.95. The Morgan fingerprint density at radius 1 is 1.19 bits per heavy atom. The minimum Gasteiger partial charge on any atom is -0.347 e. The predicted octanol–water partition coefficient (Wildman–Crippen LogP) is 4.00. The molecule has 1 aliphatic heterocycles. The highest BCUT2D eigenvalue weighted by atomic mass is 32.1. The monoisotopic (exact) mass is 385 g/mol. The van der Waals surface area contributed by atoms with Crippen molar-refractivity contribution in [1.82, 2.24) is 15.2 Å². The van der Waals surface area contributed by atoms with Crippen molar-refractivity contribution in [2.24, 2.45) is 0 Å². The summed E-state index contributed by atoms with van der Waals surface area (Å²) in [6.07, 6.45) is 4.99. The molecule has 27 heavy (non-hydrogen) atoms. The highest BCUT2D eigenvalue weighted by Gasteiger charge is 2.21. The number of nitrogens with zero attached hydrogens (tertiary/aromatic N) is 2. The number of likely N-dealkylation sites (tertiary alicyclic amines) is 1. The molecule has 1 saturated heterocycles. The number of benzene rings is 1. The average molecular weight is 386 g/mol. The largest absolute Gasteiger partial charge is 0.347 e. The summed E-state index contributed by atoms with van der Waals surface area (Å²) in [5.74, 6) is -0.0455. The van der Waals surface area contributed by atoms with Gasteiger partial charge in [-0.25, -0.2) is 4.98 Å². The highest BCUT2D eigenvalue weighted by Crippen LogP contribution is 2.26. The number of hydrogen-bond acceptors (Lipinski definition) is 4. The number of carbonyl (C=O) groups excluding carboxylic acids is 2. The summed E-state index contributed by atoms with van der Waals surface area (Å²) in [6, 6.07) is 7.54. The second kappa shape index (κ2) is 8.21. The number of carbonyl (C=O) groups is 2. The third-order valence-corrected chi connectivity index (χ3v) is 6.06. The highest BCUT2D eigenvalue weighted by molar-refractivity contribution is 7.13. The molecule has 144 valence electrons. The number of piperidine rings is 1. The summed E-state index contributed by atoms with van der Waals surface area (Å²) in [7, 11) is 0. The number of nitrogens with one attached hydrogen (secondary N) is 1. The molecule has 0 bridgehead atoms. The molecule has 0 radical (unpaired) electrons. The lowest BCUT2D eigenvalue weighted by Crippen LogP contribution is -2.35. The first-order chi connectivity index (χ1) is 12.8. The van der Waals surface area contributed by atoms with Gasteiger partial charge in [-0.3, -0.25) is 9.59 Å². The molecule has 3 rings (SSSR count). The van der Waals surface area contributed by atoms with Gasteiger partial charge in [-0.2, -0.15) is 0 Å². The van der Waals surface area contributed by atoms with E-state index in [1.807, 2.05) is 29.2 Å². The fraction of sp³-hybridized carbons (Fsp3) is 0.476. The summed E-state index contributed by atoms with van der Waals surface area (Å²) < 4.78 is 0. The summed E-state index contributed by atoms with van der Waals surface area (Å²) in [5.41, 5.74) is 1.55. The molecule has 1 N–H and O–H groups in total. The van der Waals surface area contributed by atoms with Crippen LogP contribution in [0, 0.1) is 0 Å². The zero-order chi connectivity index (χ0) is 19.4. The van der Waals surface area contributed by atoms with E-state index in [1.165, 1.54) is 17.8 Å². The fourth-order valence-corrected chi connectivity index (χ4v) is 3.98. The van der Waals surface area contributed by atoms with Crippen LogP contribution in [0.1, 0.15) is 70.6 Å². The lowest BCUT2D eigenvalue weighted by molar-refractivity contribution is 0.0724. The molecule has 1 aliphatic rings. The molecular weight excluding hydrogens is 358 g/mol. The first-order valence-electron chi connectivity index (χ1n) is 9.47. The van der Waals surface area contributed by atoms with Crippen LogP contribution in [0.2, 0.25) is 0 Å². The van der Waals surface area contributed by atoms with E-state index in [2.05, 4.69) is 31.1 Å². The van der Waals surface area contributed by atoms with Crippen molar-refractivity contribution in [3.8, 4) is 0 Å². The molecule has 2 heterocycles. The number of amides is 2. The van der Waals surface area contributed by atoms with E-state index in [4.69, 9.17) is 0 Å². The smallest absolute Gasteiger partial charge is 0.263 e. The Morgan fingerprint density at radius 2 is 1.93 bits per heavy atom. The average Bonchev–Trinajstić information content (AvgIpc) is 3.17. The molecule has 1 aromatic heterocycles. The van der Waals surface area contributed by atoms with Crippen LogP contribution in [0.3, 0.4) is 0 Å². The van der Waals surface area contributed by atoms with E-state index in [0.29, 0.717) is 17.0 Å². The summed E-state index contributed by atoms with van der Waals surface area (Å²) >= 11 is 1.43. The molecule has 0 spiro atoms. The van der Waals surface area contributed by atoms with E-state index >= 15 is 0 Å². The van der Waals surface area contributed by atoms with Gasteiger partial charge >= 0.3 is 0 Å². The van der Waals surface area contributed by atoms with Crippen molar-refractivity contribution in [3.63, 3.8) is 0 Å². The van der Waals surface area contributed by atoms with Gasteiger partial charge in [0.05, 0.1) is 11.2 Å². The van der Waals surface area contributed by atoms with Crippen LogP contribution in [0.15, 0.2) is 30.5 Å². The maximum Gasteiger partial charge on any atom is 0.263 e. The molecule has 0 unspecified atom stereocenters. The molecule has 0 aliphatic carbocycles. The third-order valence-electron chi connectivity index (χ3n) is 4.64. The zero-order valence-electron chi connectivity index (χ0n) is 16.2. The number of thiazole rings is 1. The van der Waals surface area contributed by atoms with Gasteiger partial charge in [0.15, 0.2) is 0 Å². The van der Waals surface area contributed by atoms with E-state index in [-0.39, 0.29) is 17.2 Å². The molecular formula is C21H27N3O2S. The van der Waals surface area contributed by atoms with Crippen molar-refractivity contribution in [1.29, 1.82) is 0 Å². The van der Waals surface area contributed by atoms with Gasteiger partial charge < -0.3 is 10.2 Å². The second-order valence-corrected chi connectivity index (χ2v) is 9.05. The normalized spacial score (nSPS) is 14.9. The molecule has 2 amide bonds. The fourth-order valence-electron chi connectivity index (χ4n) is 3.09. The van der Waals surface area contributed by atoms with Crippen molar-refractivity contribution in [2.75, 3.05) is 13.1 Å². The summed E-state index contributed by atoms with van der Waals surface area (Å²) in [5, 5.41) is 3.88. The van der Waals surface area contributed by atoms with Gasteiger partial charge in [0.25, 0.3) is 11.8 Å². The van der Waals surface area contributed by atoms with Crippen molar-refractivity contribution in [3.05, 3.63) is 51.5 Å². The molecule has 1 aromatic carbocycles. The van der Waals surface area contributed by atoms with E-state index in [1.54, 1.807) is 6.20 Å². The number of hydrogen-bond donors (Lipinski definition) is 1. The Morgan fingerprint density at radius 3 is 2.59 bits per heavy atom. The maximum atomic E-state index is 12.6. The van der Waals surface area contributed by atoms with E-state index in [9.17, 15) is 9.59 Å². The molecule has 2 aromatic rings. The van der Waals surface area contributed by atoms with Gasteiger partial charge in [-0.15, -0.1) is 11.3 Å². The molecule has 0 atom stereocenters. The maximum absolute atomic E-state index is 12.6. The van der Waals surface area contributed by atoms with E-state index < -0.39 is 0 Å². The third kappa shape index (κ3) is 4.95. The van der Waals surface area contributed by atoms with Crippen LogP contribution in [-0.2, 0) is 12.0 Å². The van der Waals surface area contributed by atoms with Crippen molar-refractivity contribution < 1.29 is 9.59 Å². The van der Waals surface area contributed by atoms with Crippen LogP contribution in [0.5, 0.6) is 0 Å². The molecule has 5 nitrogen and oxygen atoms in total. The van der Waals surface area contributed by atoms with E-state index in [0.717, 1.165) is 36.5 Å². The van der Waals surface area contributed by atoms with Crippen molar-refractivity contribution >= 4 is 23.2 Å². The Hall–Kier alpha value is -2.21. The van der Waals surface area contributed by atoms with Gasteiger partial charge in [-0.1, -0.05) is 32.9 Å². The predicted molar refractivity (Wildman–Crippen MR) is 108 cm³/mol. The quantitative estimate of drug-likeness (QED) is 0.865. The summed E-state index contributed by atoms with van der Waals surface area (Å²) in [6.45, 7) is 8.31. The first kappa shape index (κ1) is 19.5. The van der Waals surface area contributed by atoms with Crippen LogP contribution in [-0.4, -0.2) is 34.8 Å². The number of aromatic nitrogens is 1. The SMILES string of the molecule is CC(C)(C)c1ncc(C(=O)NCc2cccc(C(=O)N3CCCCC3)c2)s1. The first-order valence-corrected chi connectivity index (χ1v) is 10.3. The zero-order valence-corrected chi connectivity index (χ0v) is 17.1. The van der Waals surface area contributed by atoms with Gasteiger partial charge in [0.1, 0.15) is 4.88 Å². The van der Waals surface area contributed by atoms with Crippen LogP contribution < -0.4 is 5.32 Å². The Bertz CT molecular complexity index is 817. The molecule has 6 heteroatoms. The van der Waals surface area contributed by atoms with Gasteiger partial charge in [-0.05, 0) is 37.0 Å². The lowest BCUT2D eigenvalue weighted by Gasteiger charge is -2.26. The summed E-state index contributed by atoms with van der Waals surface area (Å²) in [4.78, 5) is 31.9. The van der Waals surface area contributed by atoms with Crippen molar-refractivity contribution in [2.45, 2.75) is 52.0 Å². The molecule has 0 saturated carbocycles. The second-order valence-electron chi connectivity index (χ2n) is 8.02.